The average Bonchev–Trinajstić information content (AvgIpc) is 3.17. The van der Waals surface area contributed by atoms with Crippen LogP contribution in [0.4, 0.5) is 0 Å². The lowest BCUT2D eigenvalue weighted by Gasteiger charge is -2.23. The number of likely N-dealkylation sites (N-methyl/N-ethyl adjacent to an activating group) is 1. The van der Waals surface area contributed by atoms with E-state index in [0.29, 0.717) is 0 Å². The highest BCUT2D eigenvalue weighted by atomic mass is 32.1. The van der Waals surface area contributed by atoms with Crippen LogP contribution in [0, 0.1) is 6.92 Å². The fraction of sp³-hybridized carbons (Fsp3) is 0.400. The van der Waals surface area contributed by atoms with Crippen molar-refractivity contribution in [2.24, 2.45) is 7.05 Å². The number of aryl methyl sites for hydroxylation is 2. The Morgan fingerprint density at radius 1 is 1.36 bits per heavy atom. The highest BCUT2D eigenvalue weighted by Crippen LogP contribution is 2.28. The summed E-state index contributed by atoms with van der Waals surface area (Å²) < 4.78 is 3.84. The molecule has 0 aliphatic carbocycles. The van der Waals surface area contributed by atoms with E-state index >= 15 is 0 Å². The molecule has 0 amide bonds. The zero-order valence-electron chi connectivity index (χ0n) is 13.3. The van der Waals surface area contributed by atoms with Crippen LogP contribution in [0.3, 0.4) is 0 Å². The predicted octanol–water partition coefficient (Wildman–Crippen LogP) is 2.35. The number of hydrogen-bond donors (Lipinski definition) is 0. The molecule has 0 spiro atoms. The first-order valence-electron chi connectivity index (χ1n) is 7.14. The smallest absolute Gasteiger partial charge is 0.161 e. The van der Waals surface area contributed by atoms with Crippen molar-refractivity contribution < 1.29 is 0 Å². The number of thiophene rings is 1. The van der Waals surface area contributed by atoms with E-state index in [9.17, 15) is 0 Å². The topological polar surface area (TPSA) is 51.8 Å². The molecule has 0 bridgehead atoms. The summed E-state index contributed by atoms with van der Waals surface area (Å²) >= 11 is 1.79. The summed E-state index contributed by atoms with van der Waals surface area (Å²) in [7, 11) is 6.15. The molecule has 22 heavy (non-hydrogen) atoms. The van der Waals surface area contributed by atoms with E-state index in [-0.39, 0.29) is 6.04 Å². The lowest BCUT2D eigenvalue weighted by molar-refractivity contribution is 0.262. The van der Waals surface area contributed by atoms with Crippen molar-refractivity contribution in [3.05, 3.63) is 40.5 Å². The minimum absolute atomic E-state index is 0.288. The summed E-state index contributed by atoms with van der Waals surface area (Å²) in [6.07, 6.45) is 5.64. The zero-order chi connectivity index (χ0) is 15.7. The Morgan fingerprint density at radius 2 is 2.18 bits per heavy atom. The lowest BCUT2D eigenvalue weighted by atomic mass is 10.1. The summed E-state index contributed by atoms with van der Waals surface area (Å²) in [4.78, 5) is 7.91. The van der Waals surface area contributed by atoms with Crippen molar-refractivity contribution in [3.8, 4) is 11.5 Å². The van der Waals surface area contributed by atoms with Crippen LogP contribution in [0.5, 0.6) is 0 Å². The lowest BCUT2D eigenvalue weighted by Crippen LogP contribution is -2.24. The van der Waals surface area contributed by atoms with Gasteiger partial charge < -0.3 is 4.57 Å². The van der Waals surface area contributed by atoms with Crippen LogP contribution in [0.1, 0.15) is 16.5 Å². The SMILES string of the molecule is Cc1ccsc1[C@@H](Cn1cc(-c2nccn2C)nn1)N(C)C. The predicted molar refractivity (Wildman–Crippen MR) is 87.7 cm³/mol. The fourth-order valence-electron chi connectivity index (χ4n) is 2.49. The second-order valence-corrected chi connectivity index (χ2v) is 6.58. The van der Waals surface area contributed by atoms with Gasteiger partial charge in [0.15, 0.2) is 5.82 Å². The summed E-state index contributed by atoms with van der Waals surface area (Å²) in [6, 6.07) is 2.45. The monoisotopic (exact) mass is 316 g/mol. The molecule has 0 radical (unpaired) electrons. The number of imidazole rings is 1. The maximum atomic E-state index is 4.32. The van der Waals surface area contributed by atoms with Crippen molar-refractivity contribution >= 4 is 11.3 Å². The Morgan fingerprint density at radius 3 is 2.77 bits per heavy atom. The van der Waals surface area contributed by atoms with Crippen LogP contribution in [0.25, 0.3) is 11.5 Å². The molecule has 0 saturated carbocycles. The molecule has 0 N–H and O–H groups in total. The summed E-state index contributed by atoms with van der Waals surface area (Å²) in [5.74, 6) is 0.833. The Bertz CT molecular complexity index is 754. The van der Waals surface area contributed by atoms with Crippen molar-refractivity contribution in [2.45, 2.75) is 19.5 Å². The van der Waals surface area contributed by atoms with Gasteiger partial charge in [-0.15, -0.1) is 16.4 Å². The Hall–Kier alpha value is -1.99. The molecule has 6 nitrogen and oxygen atoms in total. The molecule has 0 aliphatic heterocycles. The first-order chi connectivity index (χ1) is 10.6. The maximum Gasteiger partial charge on any atom is 0.161 e. The molecule has 0 unspecified atom stereocenters. The van der Waals surface area contributed by atoms with Gasteiger partial charge in [-0.2, -0.15) is 0 Å². The fourth-order valence-corrected chi connectivity index (χ4v) is 3.60. The first-order valence-corrected chi connectivity index (χ1v) is 8.02. The van der Waals surface area contributed by atoms with Crippen LogP contribution >= 0.6 is 11.3 Å². The first kappa shape index (κ1) is 14.9. The van der Waals surface area contributed by atoms with Crippen LogP contribution in [0.15, 0.2) is 30.0 Å². The molecule has 7 heteroatoms. The zero-order valence-corrected chi connectivity index (χ0v) is 14.1. The van der Waals surface area contributed by atoms with Gasteiger partial charge in [-0.25, -0.2) is 9.67 Å². The van der Waals surface area contributed by atoms with E-state index in [1.807, 2.05) is 28.7 Å². The molecule has 0 fully saturated rings. The van der Waals surface area contributed by atoms with Gasteiger partial charge in [-0.1, -0.05) is 5.21 Å². The normalized spacial score (nSPS) is 13.0. The number of hydrogen-bond acceptors (Lipinski definition) is 5. The Labute approximate surface area is 134 Å². The summed E-state index contributed by atoms with van der Waals surface area (Å²) in [5, 5.41) is 10.7. The Kier molecular flexibility index (Phi) is 4.08. The second kappa shape index (κ2) is 6.02. The molecule has 116 valence electrons. The van der Waals surface area contributed by atoms with E-state index in [2.05, 4.69) is 52.7 Å². The standard InChI is InChI=1S/C15H20N6S/c1-11-5-8-22-14(11)13(19(2)3)10-21-9-12(17-18-21)15-16-6-7-20(15)4/h5-9,13H,10H2,1-4H3/t13-/m1/s1. The van der Waals surface area contributed by atoms with E-state index in [1.54, 1.807) is 17.5 Å². The third-order valence-electron chi connectivity index (χ3n) is 3.78. The van der Waals surface area contributed by atoms with Crippen LogP contribution in [-0.4, -0.2) is 43.5 Å². The molecule has 3 heterocycles. The second-order valence-electron chi connectivity index (χ2n) is 5.63. The minimum Gasteiger partial charge on any atom is -0.333 e. The third kappa shape index (κ3) is 2.82. The van der Waals surface area contributed by atoms with E-state index in [4.69, 9.17) is 0 Å². The molecule has 1 atom stereocenters. The molecule has 3 rings (SSSR count). The van der Waals surface area contributed by atoms with Gasteiger partial charge in [0.1, 0.15) is 5.69 Å². The third-order valence-corrected chi connectivity index (χ3v) is 4.90. The maximum absolute atomic E-state index is 4.32. The molecule has 0 saturated heterocycles. The van der Waals surface area contributed by atoms with Crippen molar-refractivity contribution in [1.82, 2.24) is 29.4 Å². The van der Waals surface area contributed by atoms with Crippen LogP contribution in [0.2, 0.25) is 0 Å². The Balaban J connectivity index is 1.84. The minimum atomic E-state index is 0.288. The molecule has 0 aromatic carbocycles. The molecular weight excluding hydrogens is 296 g/mol. The quantitative estimate of drug-likeness (QED) is 0.725. The van der Waals surface area contributed by atoms with E-state index in [1.165, 1.54) is 10.4 Å². The van der Waals surface area contributed by atoms with Crippen molar-refractivity contribution in [2.75, 3.05) is 14.1 Å². The number of aromatic nitrogens is 5. The van der Waals surface area contributed by atoms with Gasteiger partial charge in [0.2, 0.25) is 0 Å². The van der Waals surface area contributed by atoms with Gasteiger partial charge in [-0.05, 0) is 38.0 Å². The van der Waals surface area contributed by atoms with Gasteiger partial charge in [0, 0.05) is 24.3 Å². The van der Waals surface area contributed by atoms with E-state index < -0.39 is 0 Å². The average molecular weight is 316 g/mol. The van der Waals surface area contributed by atoms with Crippen LogP contribution < -0.4 is 0 Å². The van der Waals surface area contributed by atoms with Gasteiger partial charge >= 0.3 is 0 Å². The highest BCUT2D eigenvalue weighted by Gasteiger charge is 2.19. The van der Waals surface area contributed by atoms with Crippen molar-refractivity contribution in [1.29, 1.82) is 0 Å². The van der Waals surface area contributed by atoms with E-state index in [0.717, 1.165) is 18.1 Å². The summed E-state index contributed by atoms with van der Waals surface area (Å²) in [6.45, 7) is 2.93. The molecular formula is C15H20N6S. The van der Waals surface area contributed by atoms with Crippen LogP contribution in [-0.2, 0) is 13.6 Å². The molecule has 3 aromatic heterocycles. The molecule has 3 aromatic rings. The summed E-state index contributed by atoms with van der Waals surface area (Å²) in [5.41, 5.74) is 2.13. The highest BCUT2D eigenvalue weighted by molar-refractivity contribution is 7.10. The number of nitrogens with zero attached hydrogens (tertiary/aromatic N) is 6. The van der Waals surface area contributed by atoms with Gasteiger partial charge in [0.25, 0.3) is 0 Å². The van der Waals surface area contributed by atoms with Crippen molar-refractivity contribution in [3.63, 3.8) is 0 Å². The van der Waals surface area contributed by atoms with Gasteiger partial charge in [0.05, 0.1) is 18.8 Å². The molecule has 0 aliphatic rings. The largest absolute Gasteiger partial charge is 0.333 e. The number of rotatable bonds is 5. The van der Waals surface area contributed by atoms with Gasteiger partial charge in [-0.3, -0.25) is 4.90 Å².